The van der Waals surface area contributed by atoms with Crippen molar-refractivity contribution in [1.82, 2.24) is 5.32 Å². The smallest absolute Gasteiger partial charge is 0.407 e. The van der Waals surface area contributed by atoms with Crippen molar-refractivity contribution < 1.29 is 9.53 Å². The van der Waals surface area contributed by atoms with Gasteiger partial charge >= 0.3 is 6.09 Å². The van der Waals surface area contributed by atoms with Crippen LogP contribution in [0.2, 0.25) is 0 Å². The van der Waals surface area contributed by atoms with Gasteiger partial charge in [0, 0.05) is 0 Å². The number of carbonyl (C=O) groups excluding carboxylic acids is 1. The second kappa shape index (κ2) is 5.09. The highest BCUT2D eigenvalue weighted by Gasteiger charge is 1.98. The second-order valence-corrected chi connectivity index (χ2v) is 2.47. The van der Waals surface area contributed by atoms with Crippen LogP contribution in [-0.2, 0) is 4.74 Å². The molecular formula is C7H14NO2. The molecule has 1 N–H and O–H groups in total. The van der Waals surface area contributed by atoms with Crippen LogP contribution >= 0.6 is 0 Å². The molecule has 0 atom stereocenters. The average molecular weight is 144 g/mol. The van der Waals surface area contributed by atoms with E-state index in [-0.39, 0.29) is 0 Å². The van der Waals surface area contributed by atoms with E-state index in [0.29, 0.717) is 5.92 Å². The minimum absolute atomic E-state index is 0.402. The topological polar surface area (TPSA) is 38.3 Å². The maximum Gasteiger partial charge on any atom is 0.407 e. The molecule has 0 heterocycles. The number of rotatable bonds is 3. The summed E-state index contributed by atoms with van der Waals surface area (Å²) in [5.41, 5.74) is 0. The van der Waals surface area contributed by atoms with Crippen molar-refractivity contribution in [2.45, 2.75) is 20.3 Å². The number of ether oxygens (including phenoxy) is 1. The molecule has 0 bridgehead atoms. The van der Waals surface area contributed by atoms with Crippen molar-refractivity contribution in [2.24, 2.45) is 5.92 Å². The van der Waals surface area contributed by atoms with Gasteiger partial charge in [0.2, 0.25) is 0 Å². The van der Waals surface area contributed by atoms with Gasteiger partial charge in [0.1, 0.15) is 0 Å². The Morgan fingerprint density at radius 1 is 1.70 bits per heavy atom. The van der Waals surface area contributed by atoms with E-state index in [1.54, 1.807) is 6.54 Å². The van der Waals surface area contributed by atoms with Crippen LogP contribution in [0.4, 0.5) is 4.79 Å². The lowest BCUT2D eigenvalue weighted by molar-refractivity contribution is 0.173. The van der Waals surface area contributed by atoms with Crippen molar-refractivity contribution in [3.05, 3.63) is 6.54 Å². The van der Waals surface area contributed by atoms with Crippen LogP contribution in [0.1, 0.15) is 20.3 Å². The zero-order chi connectivity index (χ0) is 7.98. The Morgan fingerprint density at radius 2 is 2.30 bits per heavy atom. The van der Waals surface area contributed by atoms with Crippen LogP contribution in [-0.4, -0.2) is 13.2 Å². The molecule has 1 radical (unpaired) electrons. The molecule has 0 aromatic heterocycles. The Morgan fingerprint density at radius 3 is 2.70 bits per heavy atom. The van der Waals surface area contributed by atoms with Crippen LogP contribution in [0.3, 0.4) is 0 Å². The number of nitrogens with one attached hydrogen (secondary N) is 1. The van der Waals surface area contributed by atoms with Crippen molar-refractivity contribution in [2.75, 3.05) is 7.11 Å². The van der Waals surface area contributed by atoms with Crippen LogP contribution in [0.5, 0.6) is 0 Å². The van der Waals surface area contributed by atoms with Crippen molar-refractivity contribution in [3.8, 4) is 0 Å². The van der Waals surface area contributed by atoms with Gasteiger partial charge in [-0.1, -0.05) is 13.8 Å². The zero-order valence-electron chi connectivity index (χ0n) is 6.68. The summed E-state index contributed by atoms with van der Waals surface area (Å²) in [6, 6.07) is 0. The quantitative estimate of drug-likeness (QED) is 0.652. The Kier molecular flexibility index (Phi) is 4.72. The number of methoxy groups -OCH3 is 1. The van der Waals surface area contributed by atoms with Gasteiger partial charge in [-0.15, -0.1) is 0 Å². The van der Waals surface area contributed by atoms with Crippen LogP contribution < -0.4 is 5.32 Å². The van der Waals surface area contributed by atoms with E-state index in [4.69, 9.17) is 0 Å². The highest BCUT2D eigenvalue weighted by atomic mass is 16.5. The summed E-state index contributed by atoms with van der Waals surface area (Å²) in [4.78, 5) is 10.4. The Labute approximate surface area is 61.8 Å². The minimum Gasteiger partial charge on any atom is -0.453 e. The predicted octanol–water partition coefficient (Wildman–Crippen LogP) is 1.55. The largest absolute Gasteiger partial charge is 0.453 e. The van der Waals surface area contributed by atoms with Gasteiger partial charge < -0.3 is 10.1 Å². The van der Waals surface area contributed by atoms with Gasteiger partial charge in [0.25, 0.3) is 0 Å². The van der Waals surface area contributed by atoms with Crippen LogP contribution in [0.15, 0.2) is 0 Å². The SMILES string of the molecule is COC(=O)N[CH]CC(C)C. The highest BCUT2D eigenvalue weighted by molar-refractivity contribution is 5.67. The van der Waals surface area contributed by atoms with Gasteiger partial charge in [-0.3, -0.25) is 0 Å². The van der Waals surface area contributed by atoms with Crippen molar-refractivity contribution >= 4 is 6.09 Å². The standard InChI is InChI=1S/C7H14NO2/c1-6(2)4-5-8-7(9)10-3/h5-6H,4H2,1-3H3,(H,8,9). The molecule has 0 saturated heterocycles. The molecule has 0 unspecified atom stereocenters. The predicted molar refractivity (Wildman–Crippen MR) is 39.3 cm³/mol. The molecule has 0 aliphatic carbocycles. The van der Waals surface area contributed by atoms with E-state index in [1.165, 1.54) is 7.11 Å². The lowest BCUT2D eigenvalue weighted by Crippen LogP contribution is -2.20. The first-order valence-electron chi connectivity index (χ1n) is 3.33. The highest BCUT2D eigenvalue weighted by Crippen LogP contribution is 1.99. The fraction of sp³-hybridized carbons (Fsp3) is 0.714. The molecule has 59 valence electrons. The summed E-state index contributed by atoms with van der Waals surface area (Å²) < 4.78 is 4.35. The molecule has 0 aliphatic heterocycles. The Balaban J connectivity index is 3.12. The first-order valence-corrected chi connectivity index (χ1v) is 3.33. The number of hydrogen-bond donors (Lipinski definition) is 1. The molecular weight excluding hydrogens is 130 g/mol. The van der Waals surface area contributed by atoms with Crippen LogP contribution in [0.25, 0.3) is 0 Å². The van der Waals surface area contributed by atoms with Crippen molar-refractivity contribution in [1.29, 1.82) is 0 Å². The third-order valence-corrected chi connectivity index (χ3v) is 0.995. The molecule has 0 fully saturated rings. The molecule has 0 rings (SSSR count). The monoisotopic (exact) mass is 144 g/mol. The number of alkyl carbamates (subject to hydrolysis) is 1. The Bertz CT molecular complexity index is 102. The minimum atomic E-state index is -0.402. The molecule has 3 nitrogen and oxygen atoms in total. The van der Waals surface area contributed by atoms with E-state index in [0.717, 1.165) is 6.42 Å². The van der Waals surface area contributed by atoms with Crippen molar-refractivity contribution in [3.63, 3.8) is 0 Å². The molecule has 0 aromatic carbocycles. The van der Waals surface area contributed by atoms with E-state index in [9.17, 15) is 4.79 Å². The normalized spacial score (nSPS) is 9.60. The maximum absolute atomic E-state index is 10.4. The molecule has 1 amide bonds. The summed E-state index contributed by atoms with van der Waals surface area (Å²) in [7, 11) is 1.35. The molecule has 3 heteroatoms. The lowest BCUT2D eigenvalue weighted by Gasteiger charge is -2.04. The summed E-state index contributed by atoms with van der Waals surface area (Å²) >= 11 is 0. The number of carbonyl (C=O) groups is 1. The summed E-state index contributed by atoms with van der Waals surface area (Å²) in [5, 5.41) is 2.48. The van der Waals surface area contributed by atoms with Gasteiger partial charge in [-0.25, -0.2) is 4.79 Å². The fourth-order valence-corrected chi connectivity index (χ4v) is 0.437. The first kappa shape index (κ1) is 9.27. The molecule has 10 heavy (non-hydrogen) atoms. The first-order chi connectivity index (χ1) is 4.66. The van der Waals surface area contributed by atoms with E-state index in [2.05, 4.69) is 23.9 Å². The van der Waals surface area contributed by atoms with Gasteiger partial charge in [0.05, 0.1) is 13.7 Å². The van der Waals surface area contributed by atoms with E-state index >= 15 is 0 Å². The summed E-state index contributed by atoms with van der Waals surface area (Å²) in [6.45, 7) is 5.86. The van der Waals surface area contributed by atoms with Crippen LogP contribution in [0, 0.1) is 12.5 Å². The van der Waals surface area contributed by atoms with Gasteiger partial charge in [-0.05, 0) is 12.3 Å². The second-order valence-electron chi connectivity index (χ2n) is 2.47. The van der Waals surface area contributed by atoms with E-state index in [1.807, 2.05) is 0 Å². The van der Waals surface area contributed by atoms with Gasteiger partial charge in [-0.2, -0.15) is 0 Å². The molecule has 0 saturated carbocycles. The third kappa shape index (κ3) is 5.41. The fourth-order valence-electron chi connectivity index (χ4n) is 0.437. The maximum atomic E-state index is 10.4. The molecule has 0 aliphatic rings. The average Bonchev–Trinajstić information content (AvgIpc) is 1.87. The summed E-state index contributed by atoms with van der Waals surface area (Å²) in [6.07, 6.45) is 0.468. The van der Waals surface area contributed by atoms with Gasteiger partial charge in [0.15, 0.2) is 0 Å². The van der Waals surface area contributed by atoms with E-state index < -0.39 is 6.09 Å². The Hall–Kier alpha value is -0.730. The molecule has 0 aromatic rings. The zero-order valence-corrected chi connectivity index (χ0v) is 6.68. The summed E-state index contributed by atoms with van der Waals surface area (Å²) in [5.74, 6) is 0.567. The molecule has 0 spiro atoms. The number of amides is 1. The third-order valence-electron chi connectivity index (χ3n) is 0.995. The lowest BCUT2D eigenvalue weighted by atomic mass is 10.1. The number of hydrogen-bond acceptors (Lipinski definition) is 2.